The zero-order chi connectivity index (χ0) is 14.2. The molecule has 1 N–H and O–H groups in total. The maximum atomic E-state index is 5.87. The lowest BCUT2D eigenvalue weighted by atomic mass is 9.83. The molecule has 1 unspecified atom stereocenters. The smallest absolute Gasteiger partial charge is 0.0641 e. The highest BCUT2D eigenvalue weighted by molar-refractivity contribution is 4.97. The molecule has 0 rings (SSSR count). The molecule has 0 aromatic carbocycles. The third kappa shape index (κ3) is 4.87. The Balaban J connectivity index is 4.84. The van der Waals surface area contributed by atoms with Gasteiger partial charge in [-0.05, 0) is 53.8 Å². The first kappa shape index (κ1) is 17.9. The summed E-state index contributed by atoms with van der Waals surface area (Å²) in [6.07, 6.45) is 3.73. The maximum absolute atomic E-state index is 5.87. The molecule has 0 spiro atoms. The van der Waals surface area contributed by atoms with Crippen LogP contribution in [-0.2, 0) is 4.74 Å². The van der Waals surface area contributed by atoms with Gasteiger partial charge in [-0.25, -0.2) is 0 Å². The number of ether oxygens (including phenoxy) is 1. The molecule has 0 aliphatic carbocycles. The highest BCUT2D eigenvalue weighted by Crippen LogP contribution is 2.26. The average molecular weight is 258 g/mol. The minimum absolute atomic E-state index is 0.185. The zero-order valence-corrected chi connectivity index (χ0v) is 13.5. The van der Waals surface area contributed by atoms with Gasteiger partial charge in [0.2, 0.25) is 0 Å². The number of nitrogens with zero attached hydrogens (tertiary/aromatic N) is 1. The molecular formula is C15H34N2O. The fourth-order valence-electron chi connectivity index (χ4n) is 2.70. The summed E-state index contributed by atoms with van der Waals surface area (Å²) in [7, 11) is 4.37. The van der Waals surface area contributed by atoms with Crippen LogP contribution >= 0.6 is 0 Å². The molecule has 0 bridgehead atoms. The second kappa shape index (κ2) is 8.89. The van der Waals surface area contributed by atoms with Gasteiger partial charge in [-0.3, -0.25) is 0 Å². The maximum Gasteiger partial charge on any atom is 0.0641 e. The van der Waals surface area contributed by atoms with Crippen LogP contribution in [0, 0.1) is 0 Å². The molecule has 0 radical (unpaired) electrons. The first-order valence-electron chi connectivity index (χ1n) is 7.46. The van der Waals surface area contributed by atoms with E-state index in [2.05, 4.69) is 58.9 Å². The van der Waals surface area contributed by atoms with Gasteiger partial charge in [-0.2, -0.15) is 0 Å². The van der Waals surface area contributed by atoms with Crippen LogP contribution in [0.2, 0.25) is 0 Å². The van der Waals surface area contributed by atoms with E-state index in [0.29, 0.717) is 12.1 Å². The molecule has 0 aromatic rings. The third-order valence-electron chi connectivity index (χ3n) is 4.00. The standard InChI is InChI=1S/C15H34N2O/c1-8-11-16-14(12-18-13(4)5)15(9-2,10-3)17(6)7/h13-14,16H,8-12H2,1-7H3. The monoisotopic (exact) mass is 258 g/mol. The lowest BCUT2D eigenvalue weighted by Crippen LogP contribution is -2.60. The summed E-state index contributed by atoms with van der Waals surface area (Å²) >= 11 is 0. The highest BCUT2D eigenvalue weighted by atomic mass is 16.5. The van der Waals surface area contributed by atoms with Crippen LogP contribution in [0.15, 0.2) is 0 Å². The Bertz CT molecular complexity index is 201. The van der Waals surface area contributed by atoms with Crippen molar-refractivity contribution in [2.24, 2.45) is 0 Å². The predicted molar refractivity (Wildman–Crippen MR) is 80.2 cm³/mol. The fraction of sp³-hybridized carbons (Fsp3) is 1.00. The van der Waals surface area contributed by atoms with Gasteiger partial charge in [0.05, 0.1) is 12.7 Å². The van der Waals surface area contributed by atoms with Crippen LogP contribution in [0.3, 0.4) is 0 Å². The van der Waals surface area contributed by atoms with Crippen LogP contribution in [-0.4, -0.2) is 49.8 Å². The van der Waals surface area contributed by atoms with Gasteiger partial charge in [-0.15, -0.1) is 0 Å². The van der Waals surface area contributed by atoms with Crippen molar-refractivity contribution in [3.8, 4) is 0 Å². The van der Waals surface area contributed by atoms with E-state index in [1.54, 1.807) is 0 Å². The summed E-state index contributed by atoms with van der Waals surface area (Å²) in [5.74, 6) is 0. The Labute approximate surface area is 114 Å². The molecule has 18 heavy (non-hydrogen) atoms. The first-order valence-corrected chi connectivity index (χ1v) is 7.46. The van der Waals surface area contributed by atoms with Crippen molar-refractivity contribution in [2.75, 3.05) is 27.2 Å². The molecule has 0 aliphatic rings. The molecule has 0 aromatic heterocycles. The first-order chi connectivity index (χ1) is 8.44. The fourth-order valence-corrected chi connectivity index (χ4v) is 2.70. The van der Waals surface area contributed by atoms with Gasteiger partial charge >= 0.3 is 0 Å². The number of rotatable bonds is 10. The summed E-state index contributed by atoms with van der Waals surface area (Å²) in [6.45, 7) is 12.8. The molecule has 1 atom stereocenters. The quantitative estimate of drug-likeness (QED) is 0.652. The van der Waals surface area contributed by atoms with Crippen LogP contribution in [0.1, 0.15) is 53.9 Å². The van der Waals surface area contributed by atoms with Crippen molar-refractivity contribution in [3.05, 3.63) is 0 Å². The Hall–Kier alpha value is -0.120. The molecule has 0 aliphatic heterocycles. The van der Waals surface area contributed by atoms with Crippen LogP contribution in [0.5, 0.6) is 0 Å². The van der Waals surface area contributed by atoms with E-state index in [1.807, 2.05) is 0 Å². The average Bonchev–Trinajstić information content (AvgIpc) is 2.32. The SMILES string of the molecule is CCCNC(COC(C)C)C(CC)(CC)N(C)C. The van der Waals surface area contributed by atoms with Gasteiger partial charge in [0, 0.05) is 11.6 Å². The number of hydrogen-bond donors (Lipinski definition) is 1. The summed E-state index contributed by atoms with van der Waals surface area (Å²) in [5, 5.41) is 3.68. The van der Waals surface area contributed by atoms with Crippen molar-refractivity contribution < 1.29 is 4.74 Å². The Morgan fingerprint density at radius 3 is 2.00 bits per heavy atom. The topological polar surface area (TPSA) is 24.5 Å². The number of nitrogens with one attached hydrogen (secondary N) is 1. The zero-order valence-electron chi connectivity index (χ0n) is 13.5. The molecule has 0 fully saturated rings. The Morgan fingerprint density at radius 1 is 1.11 bits per heavy atom. The predicted octanol–water partition coefficient (Wildman–Crippen LogP) is 2.90. The summed E-state index contributed by atoms with van der Waals surface area (Å²) in [5.41, 5.74) is 0.185. The van der Waals surface area contributed by atoms with Gasteiger partial charge < -0.3 is 15.0 Å². The number of hydrogen-bond acceptors (Lipinski definition) is 3. The van der Waals surface area contributed by atoms with E-state index in [0.717, 1.165) is 32.4 Å². The molecule has 3 nitrogen and oxygen atoms in total. The molecule has 0 saturated carbocycles. The minimum atomic E-state index is 0.185. The second-order valence-corrected chi connectivity index (χ2v) is 5.59. The molecular weight excluding hydrogens is 224 g/mol. The molecule has 110 valence electrons. The Kier molecular flexibility index (Phi) is 8.83. The van der Waals surface area contributed by atoms with E-state index < -0.39 is 0 Å². The van der Waals surface area contributed by atoms with Crippen LogP contribution < -0.4 is 5.32 Å². The van der Waals surface area contributed by atoms with Crippen molar-refractivity contribution in [1.29, 1.82) is 0 Å². The van der Waals surface area contributed by atoms with E-state index in [-0.39, 0.29) is 5.54 Å². The normalized spacial score (nSPS) is 14.5. The van der Waals surface area contributed by atoms with Gasteiger partial charge in [0.25, 0.3) is 0 Å². The van der Waals surface area contributed by atoms with E-state index in [4.69, 9.17) is 4.74 Å². The van der Waals surface area contributed by atoms with Gasteiger partial charge in [-0.1, -0.05) is 20.8 Å². The van der Waals surface area contributed by atoms with Crippen LogP contribution in [0.25, 0.3) is 0 Å². The van der Waals surface area contributed by atoms with Crippen molar-refractivity contribution >= 4 is 0 Å². The molecule has 0 amide bonds. The number of likely N-dealkylation sites (N-methyl/N-ethyl adjacent to an activating group) is 1. The van der Waals surface area contributed by atoms with E-state index >= 15 is 0 Å². The Morgan fingerprint density at radius 2 is 1.67 bits per heavy atom. The largest absolute Gasteiger partial charge is 0.377 e. The van der Waals surface area contributed by atoms with Crippen molar-refractivity contribution in [1.82, 2.24) is 10.2 Å². The van der Waals surface area contributed by atoms with Gasteiger partial charge in [0.1, 0.15) is 0 Å². The lowest BCUT2D eigenvalue weighted by molar-refractivity contribution is 0.00218. The van der Waals surface area contributed by atoms with Crippen LogP contribution in [0.4, 0.5) is 0 Å². The molecule has 0 heterocycles. The van der Waals surface area contributed by atoms with Crippen molar-refractivity contribution in [3.63, 3.8) is 0 Å². The van der Waals surface area contributed by atoms with E-state index in [9.17, 15) is 0 Å². The molecule has 3 heteroatoms. The minimum Gasteiger partial charge on any atom is -0.377 e. The lowest BCUT2D eigenvalue weighted by Gasteiger charge is -2.45. The third-order valence-corrected chi connectivity index (χ3v) is 4.00. The summed E-state index contributed by atoms with van der Waals surface area (Å²) in [4.78, 5) is 2.37. The highest BCUT2D eigenvalue weighted by Gasteiger charge is 2.37. The second-order valence-electron chi connectivity index (χ2n) is 5.59. The molecule has 0 saturated heterocycles. The summed E-state index contributed by atoms with van der Waals surface area (Å²) < 4.78 is 5.87. The van der Waals surface area contributed by atoms with Gasteiger partial charge in [0.15, 0.2) is 0 Å². The van der Waals surface area contributed by atoms with E-state index in [1.165, 1.54) is 0 Å². The summed E-state index contributed by atoms with van der Waals surface area (Å²) in [6, 6.07) is 0.393. The van der Waals surface area contributed by atoms with Crippen molar-refractivity contribution in [2.45, 2.75) is 71.6 Å².